The van der Waals surface area contributed by atoms with Crippen molar-refractivity contribution in [3.63, 3.8) is 0 Å². The number of aromatic nitrogens is 3. The number of hydrogen-bond donors (Lipinski definition) is 1. The number of benzene rings is 1. The number of aryl methyl sites for hydroxylation is 1. The van der Waals surface area contributed by atoms with Crippen molar-refractivity contribution in [3.8, 4) is 5.75 Å². The van der Waals surface area contributed by atoms with Crippen molar-refractivity contribution in [3.05, 3.63) is 63.8 Å². The van der Waals surface area contributed by atoms with E-state index in [1.54, 1.807) is 22.3 Å². The normalized spacial score (nSPS) is 13.6. The predicted molar refractivity (Wildman–Crippen MR) is 132 cm³/mol. The van der Waals surface area contributed by atoms with Crippen molar-refractivity contribution >= 4 is 29.0 Å². The number of rotatable bonds is 10. The molecule has 0 aliphatic rings. The first-order chi connectivity index (χ1) is 15.9. The molecule has 1 atom stereocenters. The Kier molecular flexibility index (Phi) is 7.63. The molecule has 3 rings (SSSR count). The molecule has 3 aromatic rings. The molecule has 0 spiro atoms. The molecule has 0 aliphatic carbocycles. The molecule has 1 N–H and O–H groups in total. The Morgan fingerprint density at radius 2 is 2.03 bits per heavy atom. The van der Waals surface area contributed by atoms with Crippen LogP contribution in [0.25, 0.3) is 23.1 Å². The summed E-state index contributed by atoms with van der Waals surface area (Å²) in [6, 6.07) is 5.49. The third-order valence-electron chi connectivity index (χ3n) is 5.93. The third kappa shape index (κ3) is 4.82. The Bertz CT molecular complexity index is 1340. The molecule has 0 radical (unpaired) electrons. The van der Waals surface area contributed by atoms with Crippen LogP contribution in [0.2, 0.25) is 0 Å². The SMILES string of the molecule is C=C/C=c1\c(=C/CC)n(C(CCC)CC(=O)O)c(=O)n1Cc1cn(C)c2ccc(OC)cc12. The monoisotopic (exact) mass is 451 g/mol. The number of carboxylic acids is 1. The van der Waals surface area contributed by atoms with Gasteiger partial charge in [-0.25, -0.2) is 4.79 Å². The molecule has 0 fully saturated rings. The van der Waals surface area contributed by atoms with Gasteiger partial charge in [-0.1, -0.05) is 39.0 Å². The van der Waals surface area contributed by atoms with Gasteiger partial charge >= 0.3 is 11.7 Å². The van der Waals surface area contributed by atoms with Crippen LogP contribution in [0.4, 0.5) is 0 Å². The molecule has 176 valence electrons. The van der Waals surface area contributed by atoms with Crippen molar-refractivity contribution in [2.24, 2.45) is 7.05 Å². The van der Waals surface area contributed by atoms with Crippen LogP contribution in [0.1, 0.15) is 51.1 Å². The van der Waals surface area contributed by atoms with E-state index >= 15 is 0 Å². The molecule has 2 aromatic heterocycles. The van der Waals surface area contributed by atoms with Gasteiger partial charge in [-0.3, -0.25) is 13.9 Å². The fourth-order valence-electron chi connectivity index (χ4n) is 4.52. The minimum atomic E-state index is -0.911. The Morgan fingerprint density at radius 3 is 2.64 bits per heavy atom. The van der Waals surface area contributed by atoms with Gasteiger partial charge in [0.15, 0.2) is 0 Å². The summed E-state index contributed by atoms with van der Waals surface area (Å²) in [7, 11) is 3.61. The molecule has 0 aliphatic heterocycles. The van der Waals surface area contributed by atoms with E-state index in [1.165, 1.54) is 0 Å². The number of imidazole rings is 1. The second-order valence-corrected chi connectivity index (χ2v) is 8.21. The van der Waals surface area contributed by atoms with Gasteiger partial charge in [0.1, 0.15) is 5.75 Å². The first kappa shape index (κ1) is 24.2. The van der Waals surface area contributed by atoms with Gasteiger partial charge in [-0.05, 0) is 42.7 Å². The molecule has 0 amide bonds. The third-order valence-corrected chi connectivity index (χ3v) is 5.93. The van der Waals surface area contributed by atoms with Crippen molar-refractivity contribution in [1.29, 1.82) is 0 Å². The summed E-state index contributed by atoms with van der Waals surface area (Å²) in [4.78, 5) is 25.3. The molecule has 0 saturated heterocycles. The van der Waals surface area contributed by atoms with Crippen molar-refractivity contribution in [1.82, 2.24) is 13.7 Å². The van der Waals surface area contributed by atoms with Gasteiger partial charge in [0.05, 0.1) is 30.8 Å². The molecule has 7 nitrogen and oxygen atoms in total. The summed E-state index contributed by atoms with van der Waals surface area (Å²) in [5, 5.41) is 12.0. The van der Waals surface area contributed by atoms with Crippen LogP contribution >= 0.6 is 0 Å². The van der Waals surface area contributed by atoms with Gasteiger partial charge in [0.25, 0.3) is 0 Å². The average molecular weight is 452 g/mol. The lowest BCUT2D eigenvalue weighted by Gasteiger charge is -2.15. The second kappa shape index (κ2) is 10.4. The minimum Gasteiger partial charge on any atom is -0.497 e. The summed E-state index contributed by atoms with van der Waals surface area (Å²) in [6.45, 7) is 8.20. The summed E-state index contributed by atoms with van der Waals surface area (Å²) >= 11 is 0. The predicted octanol–water partition coefficient (Wildman–Crippen LogP) is 3.17. The van der Waals surface area contributed by atoms with Crippen molar-refractivity contribution < 1.29 is 14.6 Å². The molecule has 0 bridgehead atoms. The first-order valence-electron chi connectivity index (χ1n) is 11.3. The topological polar surface area (TPSA) is 78.4 Å². The van der Waals surface area contributed by atoms with Crippen molar-refractivity contribution in [2.75, 3.05) is 7.11 Å². The maximum absolute atomic E-state index is 13.8. The van der Waals surface area contributed by atoms with E-state index in [-0.39, 0.29) is 12.1 Å². The Hall–Kier alpha value is -3.48. The molecule has 2 heterocycles. The number of methoxy groups -OCH3 is 1. The van der Waals surface area contributed by atoms with Crippen LogP contribution in [-0.2, 0) is 18.4 Å². The Morgan fingerprint density at radius 1 is 1.27 bits per heavy atom. The van der Waals surface area contributed by atoms with E-state index in [1.807, 2.05) is 62.0 Å². The van der Waals surface area contributed by atoms with Crippen LogP contribution in [0.15, 0.2) is 41.8 Å². The van der Waals surface area contributed by atoms with E-state index in [2.05, 4.69) is 6.58 Å². The van der Waals surface area contributed by atoms with E-state index in [0.29, 0.717) is 13.0 Å². The number of aliphatic carboxylic acids is 1. The lowest BCUT2D eigenvalue weighted by Crippen LogP contribution is -2.36. The first-order valence-corrected chi connectivity index (χ1v) is 11.3. The molecule has 1 unspecified atom stereocenters. The van der Waals surface area contributed by atoms with Gasteiger partial charge in [-0.15, -0.1) is 0 Å². The number of carbonyl (C=O) groups is 1. The van der Waals surface area contributed by atoms with Gasteiger partial charge in [0.2, 0.25) is 0 Å². The summed E-state index contributed by atoms with van der Waals surface area (Å²) in [5.41, 5.74) is 1.82. The van der Waals surface area contributed by atoms with E-state index in [4.69, 9.17) is 4.74 Å². The number of hydrogen-bond acceptors (Lipinski definition) is 3. The van der Waals surface area contributed by atoms with E-state index in [0.717, 1.165) is 45.8 Å². The van der Waals surface area contributed by atoms with E-state index < -0.39 is 12.0 Å². The molecule has 1 aromatic carbocycles. The number of allylic oxidation sites excluding steroid dienone is 1. The maximum Gasteiger partial charge on any atom is 0.329 e. The molecule has 7 heteroatoms. The highest BCUT2D eigenvalue weighted by atomic mass is 16.5. The fourth-order valence-corrected chi connectivity index (χ4v) is 4.52. The Balaban J connectivity index is 2.29. The number of nitrogens with zero attached hydrogens (tertiary/aromatic N) is 3. The zero-order valence-corrected chi connectivity index (χ0v) is 19.9. The van der Waals surface area contributed by atoms with Crippen LogP contribution in [0.3, 0.4) is 0 Å². The summed E-state index contributed by atoms with van der Waals surface area (Å²) in [5.74, 6) is -0.159. The lowest BCUT2D eigenvalue weighted by molar-refractivity contribution is -0.138. The standard InChI is InChI=1S/C26H33N3O4/c1-6-9-19(14-25(30)31)29-24(11-8-3)23(10-7-2)28(26(29)32)17-18-16-27(4)22-13-12-20(33-5)15-21(18)22/h7,10-13,15-16,19H,2,6,8-9,14,17H2,1,3-5H3,(H,30,31)/b23-10+,24-11+. The molecule has 33 heavy (non-hydrogen) atoms. The smallest absolute Gasteiger partial charge is 0.329 e. The quantitative estimate of drug-likeness (QED) is 0.514. The Labute approximate surface area is 193 Å². The number of fused-ring (bicyclic) bond motifs is 1. The second-order valence-electron chi connectivity index (χ2n) is 8.21. The molecular weight excluding hydrogens is 418 g/mol. The largest absolute Gasteiger partial charge is 0.497 e. The van der Waals surface area contributed by atoms with Crippen LogP contribution in [0, 0.1) is 0 Å². The molecule has 0 saturated carbocycles. The molecular formula is C26H33N3O4. The average Bonchev–Trinajstić information content (AvgIpc) is 3.22. The van der Waals surface area contributed by atoms with Crippen LogP contribution in [0.5, 0.6) is 5.75 Å². The summed E-state index contributed by atoms with van der Waals surface area (Å²) < 4.78 is 10.8. The van der Waals surface area contributed by atoms with Crippen LogP contribution in [-0.4, -0.2) is 31.9 Å². The van der Waals surface area contributed by atoms with Gasteiger partial charge in [-0.2, -0.15) is 0 Å². The lowest BCUT2D eigenvalue weighted by atomic mass is 10.1. The number of ether oxygens (including phenoxy) is 1. The number of carboxylic acid groups (broad SMARTS) is 1. The highest BCUT2D eigenvalue weighted by Gasteiger charge is 2.21. The van der Waals surface area contributed by atoms with Crippen LogP contribution < -0.4 is 21.1 Å². The van der Waals surface area contributed by atoms with Crippen molar-refractivity contribution in [2.45, 2.75) is 52.1 Å². The minimum absolute atomic E-state index is 0.0959. The highest BCUT2D eigenvalue weighted by molar-refractivity contribution is 5.85. The van der Waals surface area contributed by atoms with Gasteiger partial charge in [0, 0.05) is 30.2 Å². The maximum atomic E-state index is 13.8. The summed E-state index contributed by atoms with van der Waals surface area (Å²) in [6.07, 6.45) is 9.53. The van der Waals surface area contributed by atoms with Gasteiger partial charge < -0.3 is 14.4 Å². The van der Waals surface area contributed by atoms with E-state index in [9.17, 15) is 14.7 Å². The fraction of sp³-hybridized carbons (Fsp3) is 0.385. The highest BCUT2D eigenvalue weighted by Crippen LogP contribution is 2.25. The zero-order valence-electron chi connectivity index (χ0n) is 19.9. The zero-order chi connectivity index (χ0) is 24.1.